The highest BCUT2D eigenvalue weighted by Gasteiger charge is 2.24. The van der Waals surface area contributed by atoms with Crippen LogP contribution in [-0.4, -0.2) is 18.5 Å². The van der Waals surface area contributed by atoms with Gasteiger partial charge in [-0.15, -0.1) is 0 Å². The summed E-state index contributed by atoms with van der Waals surface area (Å²) in [5.74, 6) is 2.05. The Morgan fingerprint density at radius 1 is 0.714 bits per heavy atom. The fourth-order valence-corrected chi connectivity index (χ4v) is 4.66. The zero-order valence-corrected chi connectivity index (χ0v) is 13.6. The van der Waals surface area contributed by atoms with Gasteiger partial charge in [0.05, 0.1) is 12.1 Å². The van der Waals surface area contributed by atoms with E-state index in [1.54, 1.807) is 6.40 Å². The molecule has 0 atom stereocenters. The largest absolute Gasteiger partial charge is 0.480 e. The third kappa shape index (κ3) is 5.00. The normalized spacial score (nSPS) is 32.8. The molecule has 21 heavy (non-hydrogen) atoms. The minimum atomic E-state index is 0.469. The summed E-state index contributed by atoms with van der Waals surface area (Å²) >= 11 is 0. The van der Waals surface area contributed by atoms with Crippen LogP contribution in [0.15, 0.2) is 4.99 Å². The monoisotopic (exact) mass is 291 g/mol. The SMILES string of the molecule is C(=N\C1CCC(CC2CCCCC2)CC1)/OC1CCCC1. The molecule has 0 heterocycles. The third-order valence-corrected chi connectivity index (χ3v) is 6.03. The van der Waals surface area contributed by atoms with Gasteiger partial charge in [0.1, 0.15) is 0 Å². The summed E-state index contributed by atoms with van der Waals surface area (Å²) in [6.45, 7) is 0. The summed E-state index contributed by atoms with van der Waals surface area (Å²) in [5.41, 5.74) is 0. The van der Waals surface area contributed by atoms with Crippen molar-refractivity contribution in [3.63, 3.8) is 0 Å². The summed E-state index contributed by atoms with van der Waals surface area (Å²) in [4.78, 5) is 4.68. The van der Waals surface area contributed by atoms with E-state index in [-0.39, 0.29) is 0 Å². The average molecular weight is 291 g/mol. The molecule has 0 radical (unpaired) electrons. The van der Waals surface area contributed by atoms with Crippen molar-refractivity contribution in [2.45, 2.75) is 102 Å². The highest BCUT2D eigenvalue weighted by atomic mass is 16.5. The Kier molecular flexibility index (Phi) is 6.00. The van der Waals surface area contributed by atoms with Crippen molar-refractivity contribution in [1.29, 1.82) is 0 Å². The van der Waals surface area contributed by atoms with Gasteiger partial charge in [0, 0.05) is 0 Å². The number of hydrogen-bond acceptors (Lipinski definition) is 2. The lowest BCUT2D eigenvalue weighted by Gasteiger charge is -2.30. The first kappa shape index (κ1) is 15.4. The van der Waals surface area contributed by atoms with E-state index in [9.17, 15) is 0 Å². The minimum absolute atomic E-state index is 0.469. The van der Waals surface area contributed by atoms with Crippen molar-refractivity contribution in [2.24, 2.45) is 16.8 Å². The van der Waals surface area contributed by atoms with Crippen LogP contribution in [0.25, 0.3) is 0 Å². The highest BCUT2D eigenvalue weighted by molar-refractivity contribution is 5.47. The summed E-state index contributed by atoms with van der Waals surface area (Å²) in [6.07, 6.45) is 21.8. The summed E-state index contributed by atoms with van der Waals surface area (Å²) in [5, 5.41) is 0. The lowest BCUT2D eigenvalue weighted by atomic mass is 9.77. The first-order valence-electron chi connectivity index (χ1n) is 9.57. The second kappa shape index (κ2) is 8.19. The fraction of sp³-hybridized carbons (Fsp3) is 0.947. The summed E-state index contributed by atoms with van der Waals surface area (Å²) in [7, 11) is 0. The molecule has 2 nitrogen and oxygen atoms in total. The number of ether oxygens (including phenoxy) is 1. The smallest absolute Gasteiger partial charge is 0.170 e. The van der Waals surface area contributed by atoms with E-state index in [1.165, 1.54) is 89.9 Å². The quantitative estimate of drug-likeness (QED) is 0.484. The predicted molar refractivity (Wildman–Crippen MR) is 88.8 cm³/mol. The van der Waals surface area contributed by atoms with Crippen LogP contribution < -0.4 is 0 Å². The van der Waals surface area contributed by atoms with Crippen LogP contribution in [0.3, 0.4) is 0 Å². The fourth-order valence-electron chi connectivity index (χ4n) is 4.66. The minimum Gasteiger partial charge on any atom is -0.480 e. The van der Waals surface area contributed by atoms with Crippen molar-refractivity contribution in [2.75, 3.05) is 0 Å². The van der Waals surface area contributed by atoms with Crippen LogP contribution >= 0.6 is 0 Å². The molecule has 120 valence electrons. The molecule has 3 rings (SSSR count). The second-order valence-electron chi connectivity index (χ2n) is 7.71. The molecule has 0 N–H and O–H groups in total. The van der Waals surface area contributed by atoms with E-state index in [1.807, 2.05) is 0 Å². The molecule has 0 aromatic carbocycles. The van der Waals surface area contributed by atoms with Crippen molar-refractivity contribution >= 4 is 6.40 Å². The molecule has 3 saturated carbocycles. The Bertz CT molecular complexity index is 308. The maximum absolute atomic E-state index is 5.76. The van der Waals surface area contributed by atoms with Crippen LogP contribution in [0.2, 0.25) is 0 Å². The molecule has 0 bridgehead atoms. The van der Waals surface area contributed by atoms with Crippen LogP contribution in [0.5, 0.6) is 0 Å². The van der Waals surface area contributed by atoms with E-state index in [4.69, 9.17) is 4.74 Å². The Balaban J connectivity index is 1.31. The molecule has 0 amide bonds. The third-order valence-electron chi connectivity index (χ3n) is 6.03. The van der Waals surface area contributed by atoms with Crippen molar-refractivity contribution < 1.29 is 4.74 Å². The van der Waals surface area contributed by atoms with Crippen LogP contribution in [-0.2, 0) is 4.74 Å². The van der Waals surface area contributed by atoms with Gasteiger partial charge in [-0.1, -0.05) is 32.1 Å². The van der Waals surface area contributed by atoms with Gasteiger partial charge in [-0.25, -0.2) is 0 Å². The van der Waals surface area contributed by atoms with Crippen LogP contribution in [0.1, 0.15) is 89.9 Å². The Morgan fingerprint density at radius 3 is 2.05 bits per heavy atom. The Hall–Kier alpha value is -0.530. The van der Waals surface area contributed by atoms with Crippen molar-refractivity contribution in [3.05, 3.63) is 0 Å². The van der Waals surface area contributed by atoms with Gasteiger partial charge in [0.2, 0.25) is 0 Å². The lowest BCUT2D eigenvalue weighted by molar-refractivity contribution is 0.202. The first-order chi connectivity index (χ1) is 10.4. The zero-order chi connectivity index (χ0) is 14.3. The molecule has 3 aliphatic carbocycles. The molecule has 0 aromatic heterocycles. The average Bonchev–Trinajstić information content (AvgIpc) is 3.03. The molecule has 0 unspecified atom stereocenters. The molecule has 3 aliphatic rings. The molecule has 0 aliphatic heterocycles. The topological polar surface area (TPSA) is 21.6 Å². The molecular weight excluding hydrogens is 258 g/mol. The number of nitrogens with zero attached hydrogens (tertiary/aromatic N) is 1. The first-order valence-corrected chi connectivity index (χ1v) is 9.57. The van der Waals surface area contributed by atoms with Crippen molar-refractivity contribution in [3.8, 4) is 0 Å². The van der Waals surface area contributed by atoms with Crippen molar-refractivity contribution in [1.82, 2.24) is 0 Å². The number of rotatable bonds is 5. The van der Waals surface area contributed by atoms with Gasteiger partial charge >= 0.3 is 0 Å². The Labute approximate surface area is 130 Å². The Morgan fingerprint density at radius 2 is 1.33 bits per heavy atom. The number of hydrogen-bond donors (Lipinski definition) is 0. The lowest BCUT2D eigenvalue weighted by Crippen LogP contribution is -2.21. The van der Waals surface area contributed by atoms with E-state index in [0.29, 0.717) is 12.1 Å². The van der Waals surface area contributed by atoms with E-state index in [0.717, 1.165) is 11.8 Å². The molecular formula is C19H33NO. The summed E-state index contributed by atoms with van der Waals surface area (Å²) < 4.78 is 5.76. The molecule has 2 heteroatoms. The van der Waals surface area contributed by atoms with Gasteiger partial charge in [-0.3, -0.25) is 4.99 Å². The van der Waals surface area contributed by atoms with Gasteiger partial charge in [0.15, 0.2) is 6.40 Å². The zero-order valence-electron chi connectivity index (χ0n) is 13.6. The van der Waals surface area contributed by atoms with Gasteiger partial charge in [-0.2, -0.15) is 0 Å². The molecule has 3 fully saturated rings. The van der Waals surface area contributed by atoms with E-state index < -0.39 is 0 Å². The van der Waals surface area contributed by atoms with Crippen LogP contribution in [0.4, 0.5) is 0 Å². The van der Waals surface area contributed by atoms with Gasteiger partial charge in [0.25, 0.3) is 0 Å². The van der Waals surface area contributed by atoms with E-state index >= 15 is 0 Å². The van der Waals surface area contributed by atoms with E-state index in [2.05, 4.69) is 4.99 Å². The standard InChI is InChI=1S/C19H33NO/c1-2-6-16(7-3-1)14-17-10-12-18(13-11-17)20-15-21-19-8-4-5-9-19/h15-19H,1-14H2/b20-15+. The maximum atomic E-state index is 5.76. The maximum Gasteiger partial charge on any atom is 0.170 e. The molecule has 0 saturated heterocycles. The molecule has 0 spiro atoms. The highest BCUT2D eigenvalue weighted by Crippen LogP contribution is 2.35. The predicted octanol–water partition coefficient (Wildman–Crippen LogP) is 5.50. The second-order valence-corrected chi connectivity index (χ2v) is 7.71. The summed E-state index contributed by atoms with van der Waals surface area (Å²) in [6, 6.07) is 0.550. The van der Waals surface area contributed by atoms with Gasteiger partial charge < -0.3 is 4.74 Å². The molecule has 0 aromatic rings. The number of aliphatic imine (C=N–C) groups is 1. The van der Waals surface area contributed by atoms with Crippen LogP contribution in [0, 0.1) is 11.8 Å². The van der Waals surface area contributed by atoms with Gasteiger partial charge in [-0.05, 0) is 69.6 Å².